The Bertz CT molecular complexity index is 1030. The molecule has 0 unspecified atom stereocenters. The van der Waals surface area contributed by atoms with Crippen molar-refractivity contribution in [3.8, 4) is 0 Å². The molecule has 0 aliphatic rings. The van der Waals surface area contributed by atoms with Gasteiger partial charge in [-0.25, -0.2) is 0 Å². The van der Waals surface area contributed by atoms with Crippen LogP contribution in [0.2, 0.25) is 0 Å². The molecular weight excluding hydrogens is 290 g/mol. The number of benzene rings is 4. The molecule has 4 aromatic carbocycles. The first-order valence-corrected chi connectivity index (χ1v) is 8.23. The summed E-state index contributed by atoms with van der Waals surface area (Å²) in [6, 6.07) is 29.6. The summed E-state index contributed by atoms with van der Waals surface area (Å²) in [6.07, 6.45) is 2.96. The Kier molecular flexibility index (Phi) is 3.76. The van der Waals surface area contributed by atoms with Gasteiger partial charge in [0.1, 0.15) is 0 Å². The molecule has 0 heterocycles. The molecule has 0 atom stereocenters. The van der Waals surface area contributed by atoms with Gasteiger partial charge in [0.05, 0.1) is 0 Å². The third-order valence-electron chi connectivity index (χ3n) is 4.48. The Morgan fingerprint density at radius 3 is 2.12 bits per heavy atom. The standard InChI is InChI=1S/C23H19N/c24-23(15-14-17-8-2-1-3-9-17)22-16-18-10-4-5-11-19(18)20-12-6-7-13-21(20)22/h1-13,15-16H,14,24H2/b23-15-. The molecule has 0 fully saturated rings. The van der Waals surface area contributed by atoms with E-state index in [-0.39, 0.29) is 0 Å². The fourth-order valence-corrected chi connectivity index (χ4v) is 3.24. The fraction of sp³-hybridized carbons (Fsp3) is 0.0435. The van der Waals surface area contributed by atoms with Crippen molar-refractivity contribution in [3.63, 3.8) is 0 Å². The Morgan fingerprint density at radius 2 is 1.33 bits per heavy atom. The number of nitrogens with two attached hydrogens (primary N) is 1. The summed E-state index contributed by atoms with van der Waals surface area (Å²) in [4.78, 5) is 0. The van der Waals surface area contributed by atoms with E-state index in [0.29, 0.717) is 0 Å². The minimum atomic E-state index is 0.834. The van der Waals surface area contributed by atoms with E-state index in [1.807, 2.05) is 6.07 Å². The highest BCUT2D eigenvalue weighted by Crippen LogP contribution is 2.31. The maximum absolute atomic E-state index is 6.46. The minimum absolute atomic E-state index is 0.834. The Hall–Kier alpha value is -3.06. The van der Waals surface area contributed by atoms with E-state index < -0.39 is 0 Å². The van der Waals surface area contributed by atoms with Crippen LogP contribution in [0.1, 0.15) is 11.1 Å². The average molecular weight is 309 g/mol. The Balaban J connectivity index is 1.85. The summed E-state index contributed by atoms with van der Waals surface area (Å²) in [6.45, 7) is 0. The molecule has 0 aromatic heterocycles. The van der Waals surface area contributed by atoms with Crippen LogP contribution >= 0.6 is 0 Å². The summed E-state index contributed by atoms with van der Waals surface area (Å²) in [5.74, 6) is 0. The summed E-state index contributed by atoms with van der Waals surface area (Å²) in [5, 5.41) is 4.95. The van der Waals surface area contributed by atoms with Gasteiger partial charge in [0.2, 0.25) is 0 Å². The first-order valence-electron chi connectivity index (χ1n) is 8.23. The molecule has 2 N–H and O–H groups in total. The van der Waals surface area contributed by atoms with Gasteiger partial charge in [-0.3, -0.25) is 0 Å². The van der Waals surface area contributed by atoms with Crippen molar-refractivity contribution in [1.82, 2.24) is 0 Å². The van der Waals surface area contributed by atoms with E-state index in [4.69, 9.17) is 5.73 Å². The van der Waals surface area contributed by atoms with Gasteiger partial charge in [-0.1, -0.05) is 84.9 Å². The molecule has 0 amide bonds. The second kappa shape index (κ2) is 6.21. The maximum Gasteiger partial charge on any atom is 0.0356 e. The van der Waals surface area contributed by atoms with E-state index in [1.54, 1.807) is 0 Å². The Morgan fingerprint density at radius 1 is 0.708 bits per heavy atom. The lowest BCUT2D eigenvalue weighted by Crippen LogP contribution is -1.99. The number of allylic oxidation sites excluding steroid dienone is 1. The van der Waals surface area contributed by atoms with Crippen molar-refractivity contribution < 1.29 is 0 Å². The lowest BCUT2D eigenvalue weighted by molar-refractivity contribution is 1.26. The van der Waals surface area contributed by atoms with Gasteiger partial charge in [0.25, 0.3) is 0 Å². The average Bonchev–Trinajstić information content (AvgIpc) is 2.66. The number of rotatable bonds is 3. The number of fused-ring (bicyclic) bond motifs is 3. The zero-order chi connectivity index (χ0) is 16.4. The minimum Gasteiger partial charge on any atom is -0.398 e. The van der Waals surface area contributed by atoms with Crippen molar-refractivity contribution in [2.24, 2.45) is 5.73 Å². The lowest BCUT2D eigenvalue weighted by atomic mass is 9.95. The van der Waals surface area contributed by atoms with Gasteiger partial charge in [-0.2, -0.15) is 0 Å². The summed E-state index contributed by atoms with van der Waals surface area (Å²) < 4.78 is 0. The number of hydrogen-bond donors (Lipinski definition) is 1. The molecule has 0 aliphatic heterocycles. The first kappa shape index (κ1) is 14.5. The maximum atomic E-state index is 6.46. The predicted octanol–water partition coefficient (Wildman–Crippen LogP) is 5.54. The van der Waals surface area contributed by atoms with Crippen LogP contribution in [-0.4, -0.2) is 0 Å². The quantitative estimate of drug-likeness (QED) is 0.494. The van der Waals surface area contributed by atoms with Crippen LogP contribution in [0.15, 0.2) is 91.0 Å². The normalized spacial score (nSPS) is 11.9. The molecule has 4 aromatic rings. The van der Waals surface area contributed by atoms with Gasteiger partial charge in [0, 0.05) is 11.3 Å². The highest BCUT2D eigenvalue weighted by molar-refractivity contribution is 6.11. The van der Waals surface area contributed by atoms with Gasteiger partial charge in [-0.05, 0) is 39.6 Å². The van der Waals surface area contributed by atoms with E-state index in [1.165, 1.54) is 27.1 Å². The van der Waals surface area contributed by atoms with E-state index >= 15 is 0 Å². The SMILES string of the molecule is N/C(=C\Cc1ccccc1)c1cc2ccccc2c2ccccc12. The van der Waals surface area contributed by atoms with E-state index in [9.17, 15) is 0 Å². The zero-order valence-electron chi connectivity index (χ0n) is 13.4. The molecule has 116 valence electrons. The molecule has 0 aliphatic carbocycles. The molecule has 4 rings (SSSR count). The number of hydrogen-bond acceptors (Lipinski definition) is 1. The van der Waals surface area contributed by atoms with Crippen LogP contribution in [-0.2, 0) is 6.42 Å². The third kappa shape index (κ3) is 2.65. The van der Waals surface area contributed by atoms with Crippen LogP contribution in [0.4, 0.5) is 0 Å². The third-order valence-corrected chi connectivity index (χ3v) is 4.48. The van der Waals surface area contributed by atoms with Crippen LogP contribution in [0.3, 0.4) is 0 Å². The van der Waals surface area contributed by atoms with Gasteiger partial charge in [0.15, 0.2) is 0 Å². The van der Waals surface area contributed by atoms with E-state index in [2.05, 4.69) is 84.9 Å². The second-order valence-corrected chi connectivity index (χ2v) is 6.04. The van der Waals surface area contributed by atoms with Crippen LogP contribution in [0.5, 0.6) is 0 Å². The largest absolute Gasteiger partial charge is 0.398 e. The summed E-state index contributed by atoms with van der Waals surface area (Å²) in [7, 11) is 0. The monoisotopic (exact) mass is 309 g/mol. The molecule has 1 nitrogen and oxygen atoms in total. The summed E-state index contributed by atoms with van der Waals surface area (Å²) in [5.41, 5.74) is 9.68. The molecular formula is C23H19N. The lowest BCUT2D eigenvalue weighted by Gasteiger charge is -2.11. The molecule has 0 spiro atoms. The van der Waals surface area contributed by atoms with Gasteiger partial charge < -0.3 is 5.73 Å². The van der Waals surface area contributed by atoms with E-state index in [0.717, 1.165) is 17.7 Å². The van der Waals surface area contributed by atoms with Crippen molar-refractivity contribution >= 4 is 27.2 Å². The molecule has 0 bridgehead atoms. The predicted molar refractivity (Wildman–Crippen MR) is 104 cm³/mol. The van der Waals surface area contributed by atoms with Crippen LogP contribution < -0.4 is 5.73 Å². The molecule has 0 radical (unpaired) electrons. The highest BCUT2D eigenvalue weighted by atomic mass is 14.6. The molecule has 0 saturated carbocycles. The molecule has 24 heavy (non-hydrogen) atoms. The smallest absolute Gasteiger partial charge is 0.0356 e. The van der Waals surface area contributed by atoms with Crippen LogP contribution in [0.25, 0.3) is 27.2 Å². The molecule has 0 saturated heterocycles. The topological polar surface area (TPSA) is 26.0 Å². The van der Waals surface area contributed by atoms with Crippen molar-refractivity contribution in [2.45, 2.75) is 6.42 Å². The molecule has 1 heteroatoms. The first-order chi connectivity index (χ1) is 11.8. The fourth-order valence-electron chi connectivity index (χ4n) is 3.24. The zero-order valence-corrected chi connectivity index (χ0v) is 13.4. The van der Waals surface area contributed by atoms with Gasteiger partial charge in [-0.15, -0.1) is 0 Å². The van der Waals surface area contributed by atoms with Crippen LogP contribution in [0, 0.1) is 0 Å². The Labute approximate surface area is 142 Å². The second-order valence-electron chi connectivity index (χ2n) is 6.04. The van der Waals surface area contributed by atoms with Gasteiger partial charge >= 0.3 is 0 Å². The van der Waals surface area contributed by atoms with Crippen molar-refractivity contribution in [1.29, 1.82) is 0 Å². The van der Waals surface area contributed by atoms with Crippen molar-refractivity contribution in [3.05, 3.63) is 102 Å². The van der Waals surface area contributed by atoms with Crippen molar-refractivity contribution in [2.75, 3.05) is 0 Å². The summed E-state index contributed by atoms with van der Waals surface area (Å²) >= 11 is 0. The highest BCUT2D eigenvalue weighted by Gasteiger charge is 2.07.